The Balaban J connectivity index is 1.82. The summed E-state index contributed by atoms with van der Waals surface area (Å²) in [6, 6.07) is 16.1. The van der Waals surface area contributed by atoms with Crippen LogP contribution in [-0.4, -0.2) is 27.8 Å². The molecule has 1 aliphatic heterocycles. The Labute approximate surface area is 156 Å². The molecular weight excluding hydrogens is 338 g/mol. The quantitative estimate of drug-likeness (QED) is 0.523. The molecule has 2 aromatic heterocycles. The normalized spacial score (nSPS) is 13.1. The maximum absolute atomic E-state index is 13.1. The molecule has 0 bridgehead atoms. The van der Waals surface area contributed by atoms with Crippen molar-refractivity contribution in [2.24, 2.45) is 0 Å². The zero-order valence-corrected chi connectivity index (χ0v) is 15.3. The molecule has 1 aliphatic rings. The second-order valence-corrected chi connectivity index (χ2v) is 7.00. The van der Waals surface area contributed by atoms with Gasteiger partial charge < -0.3 is 9.30 Å². The third-order valence-electron chi connectivity index (χ3n) is 5.46. The van der Waals surface area contributed by atoms with Crippen molar-refractivity contribution < 1.29 is 4.74 Å². The van der Waals surface area contributed by atoms with Gasteiger partial charge in [-0.1, -0.05) is 30.3 Å². The number of hydrogen-bond acceptors (Lipinski definition) is 3. The number of aromatic nitrogens is 3. The van der Waals surface area contributed by atoms with Crippen molar-refractivity contribution in [3.63, 3.8) is 0 Å². The molecule has 0 radical (unpaired) electrons. The second kappa shape index (κ2) is 6.35. The van der Waals surface area contributed by atoms with E-state index in [0.717, 1.165) is 36.4 Å². The Bertz CT molecular complexity index is 1220. The Morgan fingerprint density at radius 1 is 1.07 bits per heavy atom. The van der Waals surface area contributed by atoms with Crippen LogP contribution in [0.2, 0.25) is 0 Å². The Hall–Kier alpha value is -2.92. The van der Waals surface area contributed by atoms with Crippen LogP contribution in [0, 0.1) is 0 Å². The van der Waals surface area contributed by atoms with Gasteiger partial charge in [-0.25, -0.2) is 4.98 Å². The Kier molecular flexibility index (Phi) is 3.83. The Morgan fingerprint density at radius 3 is 2.70 bits per heavy atom. The lowest BCUT2D eigenvalue weighted by Gasteiger charge is -2.21. The Morgan fingerprint density at radius 2 is 1.85 bits per heavy atom. The van der Waals surface area contributed by atoms with Crippen LogP contribution in [0.15, 0.2) is 53.3 Å². The number of nitrogens with zero attached hydrogens (tertiary/aromatic N) is 3. The molecule has 4 aromatic rings. The number of methoxy groups -OCH3 is 1. The summed E-state index contributed by atoms with van der Waals surface area (Å²) >= 11 is 0. The van der Waals surface area contributed by atoms with Crippen molar-refractivity contribution in [1.29, 1.82) is 0 Å². The van der Waals surface area contributed by atoms with E-state index in [1.54, 1.807) is 7.11 Å². The van der Waals surface area contributed by atoms with Crippen LogP contribution in [0.25, 0.3) is 33.3 Å². The van der Waals surface area contributed by atoms with E-state index in [9.17, 15) is 4.79 Å². The number of rotatable bonds is 4. The van der Waals surface area contributed by atoms with E-state index in [1.165, 1.54) is 16.5 Å². The zero-order chi connectivity index (χ0) is 18.4. The number of aryl methyl sites for hydroxylation is 2. The van der Waals surface area contributed by atoms with Crippen LogP contribution < -0.4 is 5.56 Å². The smallest absolute Gasteiger partial charge is 0.261 e. The number of para-hydroxylation sites is 2. The van der Waals surface area contributed by atoms with E-state index in [4.69, 9.17) is 9.72 Å². The van der Waals surface area contributed by atoms with Gasteiger partial charge in [-0.3, -0.25) is 9.36 Å². The molecule has 0 amide bonds. The van der Waals surface area contributed by atoms with Crippen molar-refractivity contribution in [2.75, 3.05) is 13.7 Å². The molecular formula is C22H21N3O2. The van der Waals surface area contributed by atoms with Gasteiger partial charge in [0.15, 0.2) is 5.82 Å². The van der Waals surface area contributed by atoms with Gasteiger partial charge in [0.05, 0.1) is 16.6 Å². The third kappa shape index (κ3) is 2.42. The maximum atomic E-state index is 13.1. The lowest BCUT2D eigenvalue weighted by atomic mass is 10.0. The van der Waals surface area contributed by atoms with Gasteiger partial charge in [0, 0.05) is 37.7 Å². The summed E-state index contributed by atoms with van der Waals surface area (Å²) in [6.45, 7) is 2.22. The van der Waals surface area contributed by atoms with Gasteiger partial charge in [-0.15, -0.1) is 0 Å². The standard InChI is InChI=1S/C22H21N3O2/c1-27-14-6-12-24-19-10-5-3-7-15(19)16-11-13-25-21(20(16)24)23-18-9-4-2-8-17(18)22(25)26/h2-5,7-10H,6,11-14H2,1H3. The van der Waals surface area contributed by atoms with Crippen LogP contribution in [0.3, 0.4) is 0 Å². The molecule has 0 fully saturated rings. The van der Waals surface area contributed by atoms with Crippen molar-refractivity contribution >= 4 is 21.8 Å². The molecule has 0 aliphatic carbocycles. The molecule has 2 aromatic carbocycles. The molecule has 5 nitrogen and oxygen atoms in total. The molecule has 5 rings (SSSR count). The molecule has 0 atom stereocenters. The number of benzene rings is 2. The number of hydrogen-bond donors (Lipinski definition) is 0. The summed E-state index contributed by atoms with van der Waals surface area (Å²) in [5.41, 5.74) is 4.39. The molecule has 0 saturated heterocycles. The van der Waals surface area contributed by atoms with E-state index in [1.807, 2.05) is 28.8 Å². The molecule has 27 heavy (non-hydrogen) atoms. The van der Waals surface area contributed by atoms with E-state index in [0.29, 0.717) is 18.5 Å². The molecule has 0 N–H and O–H groups in total. The van der Waals surface area contributed by atoms with Crippen LogP contribution in [0.5, 0.6) is 0 Å². The fourth-order valence-corrected chi connectivity index (χ4v) is 4.26. The maximum Gasteiger partial charge on any atom is 0.261 e. The largest absolute Gasteiger partial charge is 0.385 e. The summed E-state index contributed by atoms with van der Waals surface area (Å²) in [5.74, 6) is 0.786. The first-order chi connectivity index (χ1) is 13.3. The monoisotopic (exact) mass is 359 g/mol. The summed E-state index contributed by atoms with van der Waals surface area (Å²) in [5, 5.41) is 1.95. The fourth-order valence-electron chi connectivity index (χ4n) is 4.26. The topological polar surface area (TPSA) is 49.0 Å². The van der Waals surface area contributed by atoms with E-state index >= 15 is 0 Å². The number of ether oxygens (including phenoxy) is 1. The first-order valence-corrected chi connectivity index (χ1v) is 9.38. The summed E-state index contributed by atoms with van der Waals surface area (Å²) in [6.07, 6.45) is 1.76. The van der Waals surface area contributed by atoms with E-state index in [-0.39, 0.29) is 5.56 Å². The van der Waals surface area contributed by atoms with Gasteiger partial charge in [-0.2, -0.15) is 0 Å². The van der Waals surface area contributed by atoms with Crippen molar-refractivity contribution in [2.45, 2.75) is 25.9 Å². The predicted molar refractivity (Wildman–Crippen MR) is 107 cm³/mol. The minimum atomic E-state index is 0.0509. The zero-order valence-electron chi connectivity index (χ0n) is 15.3. The summed E-state index contributed by atoms with van der Waals surface area (Å²) in [4.78, 5) is 18.0. The average molecular weight is 359 g/mol. The van der Waals surface area contributed by atoms with Gasteiger partial charge in [0.1, 0.15) is 0 Å². The van der Waals surface area contributed by atoms with Crippen molar-refractivity contribution in [1.82, 2.24) is 14.1 Å². The molecule has 0 spiro atoms. The van der Waals surface area contributed by atoms with Gasteiger partial charge in [0.25, 0.3) is 5.56 Å². The molecule has 5 heteroatoms. The first kappa shape index (κ1) is 16.3. The molecule has 0 unspecified atom stereocenters. The average Bonchev–Trinajstić information content (AvgIpc) is 3.03. The van der Waals surface area contributed by atoms with Gasteiger partial charge in [0.2, 0.25) is 0 Å². The lowest BCUT2D eigenvalue weighted by molar-refractivity contribution is 0.191. The molecule has 3 heterocycles. The summed E-state index contributed by atoms with van der Waals surface area (Å²) in [7, 11) is 1.73. The minimum Gasteiger partial charge on any atom is -0.385 e. The second-order valence-electron chi connectivity index (χ2n) is 7.00. The highest BCUT2D eigenvalue weighted by Gasteiger charge is 2.26. The fraction of sp³-hybridized carbons (Fsp3) is 0.273. The highest BCUT2D eigenvalue weighted by molar-refractivity contribution is 5.92. The predicted octanol–water partition coefficient (Wildman–Crippen LogP) is 3.61. The highest BCUT2D eigenvalue weighted by Crippen LogP contribution is 2.36. The third-order valence-corrected chi connectivity index (χ3v) is 5.46. The van der Waals surface area contributed by atoms with Crippen LogP contribution in [0.1, 0.15) is 12.0 Å². The highest BCUT2D eigenvalue weighted by atomic mass is 16.5. The minimum absolute atomic E-state index is 0.0509. The van der Waals surface area contributed by atoms with Crippen LogP contribution in [-0.2, 0) is 24.2 Å². The van der Waals surface area contributed by atoms with E-state index < -0.39 is 0 Å². The summed E-state index contributed by atoms with van der Waals surface area (Å²) < 4.78 is 9.42. The SMILES string of the molecule is COCCCn1c2c(c3ccccc31)CCn1c-2nc2ccccc2c1=O. The van der Waals surface area contributed by atoms with Crippen molar-refractivity contribution in [3.8, 4) is 11.5 Å². The van der Waals surface area contributed by atoms with E-state index in [2.05, 4.69) is 28.8 Å². The van der Waals surface area contributed by atoms with Gasteiger partial charge >= 0.3 is 0 Å². The molecule has 136 valence electrons. The molecule has 0 saturated carbocycles. The number of fused-ring (bicyclic) bond motifs is 6. The van der Waals surface area contributed by atoms with Crippen LogP contribution in [0.4, 0.5) is 0 Å². The lowest BCUT2D eigenvalue weighted by Crippen LogP contribution is -2.28. The first-order valence-electron chi connectivity index (χ1n) is 9.38. The van der Waals surface area contributed by atoms with Crippen molar-refractivity contribution in [3.05, 3.63) is 64.4 Å². The van der Waals surface area contributed by atoms with Gasteiger partial charge in [-0.05, 0) is 36.6 Å². The van der Waals surface area contributed by atoms with Crippen LogP contribution >= 0.6 is 0 Å².